The molecule has 4 aliphatic carbocycles. The minimum absolute atomic E-state index is 0.205. The third-order valence-electron chi connectivity index (χ3n) is 8.68. The fourth-order valence-electron chi connectivity index (χ4n) is 7.53. The van der Waals surface area contributed by atoms with Gasteiger partial charge >= 0.3 is 0 Å². The molecular weight excluding hydrogens is 327 g/mol. The zero-order valence-electron chi connectivity index (χ0n) is 16.2. The molecule has 2 N–H and O–H groups in total. The second-order valence-corrected chi connectivity index (χ2v) is 9.82. The van der Waals surface area contributed by atoms with Crippen molar-refractivity contribution >= 4 is 0 Å². The molecular formula is C23H33FO2. The number of aliphatic hydroxyl groups excluding tert-OH is 1. The molecule has 0 aromatic rings. The second-order valence-electron chi connectivity index (χ2n) is 9.82. The van der Waals surface area contributed by atoms with E-state index in [1.165, 1.54) is 11.1 Å². The zero-order valence-corrected chi connectivity index (χ0v) is 16.2. The Morgan fingerprint density at radius 3 is 2.77 bits per heavy atom. The fraction of sp³-hybridized carbons (Fsp3) is 0.826. The second kappa shape index (κ2) is 6.35. The Labute approximate surface area is 157 Å². The summed E-state index contributed by atoms with van der Waals surface area (Å²) in [4.78, 5) is 0. The van der Waals surface area contributed by atoms with Crippen molar-refractivity contribution in [1.29, 1.82) is 0 Å². The molecule has 4 unspecified atom stereocenters. The van der Waals surface area contributed by atoms with Crippen LogP contribution in [0.2, 0.25) is 0 Å². The molecule has 0 spiro atoms. The first-order valence-electron chi connectivity index (χ1n) is 10.5. The number of rotatable bonds is 2. The maximum absolute atomic E-state index is 13.5. The quantitative estimate of drug-likeness (QED) is 0.571. The van der Waals surface area contributed by atoms with Crippen LogP contribution in [0.1, 0.15) is 65.2 Å². The third-order valence-corrected chi connectivity index (χ3v) is 8.68. The van der Waals surface area contributed by atoms with Crippen molar-refractivity contribution < 1.29 is 14.6 Å². The highest BCUT2D eigenvalue weighted by atomic mass is 19.1. The van der Waals surface area contributed by atoms with Gasteiger partial charge in [0.05, 0.1) is 12.8 Å². The summed E-state index contributed by atoms with van der Waals surface area (Å²) in [6.45, 7) is 4.20. The molecule has 4 aliphatic rings. The highest BCUT2D eigenvalue weighted by Crippen LogP contribution is 2.67. The van der Waals surface area contributed by atoms with Gasteiger partial charge < -0.3 is 10.2 Å². The summed E-state index contributed by atoms with van der Waals surface area (Å²) in [5.41, 5.74) is 1.64. The smallest absolute Gasteiger partial charge is 0.130 e. The van der Waals surface area contributed by atoms with Gasteiger partial charge in [-0.05, 0) is 81.0 Å². The number of fused-ring (bicyclic) bond motifs is 4. The monoisotopic (exact) mass is 360 g/mol. The Bertz CT molecular complexity index is 649. The van der Waals surface area contributed by atoms with E-state index in [9.17, 15) is 14.6 Å². The van der Waals surface area contributed by atoms with Crippen LogP contribution in [0.25, 0.3) is 0 Å². The summed E-state index contributed by atoms with van der Waals surface area (Å²) in [6.07, 6.45) is 12.3. The van der Waals surface area contributed by atoms with Gasteiger partial charge in [0.1, 0.15) is 5.60 Å². The van der Waals surface area contributed by atoms with E-state index in [0.717, 1.165) is 38.5 Å². The molecule has 4 rings (SSSR count). The van der Waals surface area contributed by atoms with Gasteiger partial charge in [0.15, 0.2) is 0 Å². The van der Waals surface area contributed by atoms with E-state index < -0.39 is 5.60 Å². The van der Waals surface area contributed by atoms with Crippen LogP contribution in [0.3, 0.4) is 0 Å². The van der Waals surface area contributed by atoms with Gasteiger partial charge in [0, 0.05) is 5.41 Å². The van der Waals surface area contributed by atoms with Gasteiger partial charge in [-0.15, -0.1) is 6.42 Å². The predicted octanol–water partition coefficient (Wildman–Crippen LogP) is 4.26. The minimum atomic E-state index is -1.05. The zero-order chi connectivity index (χ0) is 18.7. The lowest BCUT2D eigenvalue weighted by molar-refractivity contribution is -0.106. The van der Waals surface area contributed by atoms with Crippen molar-refractivity contribution in [3.05, 3.63) is 11.1 Å². The number of hydrogen-bond donors (Lipinski definition) is 2. The van der Waals surface area contributed by atoms with Crippen molar-refractivity contribution in [2.75, 3.05) is 6.67 Å². The van der Waals surface area contributed by atoms with E-state index in [4.69, 9.17) is 6.42 Å². The van der Waals surface area contributed by atoms with Crippen molar-refractivity contribution in [1.82, 2.24) is 0 Å². The molecule has 2 saturated carbocycles. The van der Waals surface area contributed by atoms with E-state index in [1.807, 2.05) is 0 Å². The highest BCUT2D eigenvalue weighted by molar-refractivity contribution is 5.32. The van der Waals surface area contributed by atoms with Crippen molar-refractivity contribution in [2.24, 2.45) is 35.0 Å². The lowest BCUT2D eigenvalue weighted by Gasteiger charge is -2.58. The van der Waals surface area contributed by atoms with Crippen LogP contribution in [0.5, 0.6) is 0 Å². The van der Waals surface area contributed by atoms with Crippen LogP contribution in [0.15, 0.2) is 11.1 Å². The summed E-state index contributed by atoms with van der Waals surface area (Å²) < 4.78 is 13.5. The molecule has 0 radical (unpaired) electrons. The largest absolute Gasteiger partial charge is 0.393 e. The standard InChI is InChI=1S/C23H33FO2/c1-4-23(26)9-7-19-20-14(2)11-16-12-17(25)5-6-18(16)21(20)15(8-10-24)13-22(19,23)3/h1,14-15,17,19-21,25-26H,5-13H2,2-3H3/t14?,15-,17+,19?,20?,21?,22-,23-/m0/s1. The normalized spacial score (nSPS) is 50.6. The Balaban J connectivity index is 1.78. The van der Waals surface area contributed by atoms with Crippen molar-refractivity contribution in [3.63, 3.8) is 0 Å². The van der Waals surface area contributed by atoms with Gasteiger partial charge in [0.25, 0.3) is 0 Å². The highest BCUT2D eigenvalue weighted by Gasteiger charge is 2.64. The Kier molecular flexibility index (Phi) is 4.52. The fourth-order valence-corrected chi connectivity index (χ4v) is 7.53. The molecule has 2 nitrogen and oxygen atoms in total. The first-order chi connectivity index (χ1) is 12.3. The maximum atomic E-state index is 13.5. The number of halogens is 1. The van der Waals surface area contributed by atoms with Gasteiger partial charge in [-0.3, -0.25) is 4.39 Å². The SMILES string of the molecule is C#C[C@]1(O)CCC2C3C(C)CC4=C(CC[C@@H](O)C4)C3[C@@H](CCF)C[C@@]21C. The predicted molar refractivity (Wildman–Crippen MR) is 101 cm³/mol. The Morgan fingerprint density at radius 1 is 1.31 bits per heavy atom. The number of hydrogen-bond acceptors (Lipinski definition) is 2. The average Bonchev–Trinajstić information content (AvgIpc) is 2.86. The molecule has 0 amide bonds. The number of alkyl halides is 1. The third kappa shape index (κ3) is 2.45. The lowest BCUT2D eigenvalue weighted by atomic mass is 9.47. The summed E-state index contributed by atoms with van der Waals surface area (Å²) in [5, 5.41) is 21.4. The van der Waals surface area contributed by atoms with Gasteiger partial charge in [-0.1, -0.05) is 30.9 Å². The molecule has 0 heterocycles. The van der Waals surface area contributed by atoms with Gasteiger partial charge in [-0.25, -0.2) is 0 Å². The topological polar surface area (TPSA) is 40.5 Å². The van der Waals surface area contributed by atoms with Gasteiger partial charge in [0.2, 0.25) is 0 Å². The number of terminal acetylenes is 1. The molecule has 26 heavy (non-hydrogen) atoms. The van der Waals surface area contributed by atoms with Gasteiger partial charge in [-0.2, -0.15) is 0 Å². The van der Waals surface area contributed by atoms with Crippen LogP contribution in [0, 0.1) is 47.3 Å². The summed E-state index contributed by atoms with van der Waals surface area (Å²) in [7, 11) is 0. The molecule has 3 heteroatoms. The van der Waals surface area contributed by atoms with E-state index in [0.29, 0.717) is 36.5 Å². The van der Waals surface area contributed by atoms with Crippen LogP contribution in [0.4, 0.5) is 4.39 Å². The van der Waals surface area contributed by atoms with E-state index in [1.54, 1.807) is 0 Å². The molecule has 8 atom stereocenters. The lowest BCUT2D eigenvalue weighted by Crippen LogP contribution is -2.55. The summed E-state index contributed by atoms with van der Waals surface area (Å²) in [5.74, 6) is 4.83. The maximum Gasteiger partial charge on any atom is 0.130 e. The molecule has 0 bridgehead atoms. The van der Waals surface area contributed by atoms with E-state index >= 15 is 0 Å². The number of aliphatic hydroxyl groups is 2. The molecule has 0 aliphatic heterocycles. The molecule has 0 aromatic carbocycles. The van der Waals surface area contributed by atoms with Crippen LogP contribution < -0.4 is 0 Å². The molecule has 2 fully saturated rings. The van der Waals surface area contributed by atoms with Crippen molar-refractivity contribution in [2.45, 2.75) is 76.9 Å². The molecule has 0 aromatic heterocycles. The average molecular weight is 361 g/mol. The first kappa shape index (κ1) is 18.5. The first-order valence-corrected chi connectivity index (χ1v) is 10.5. The Hall–Kier alpha value is -0.850. The number of allylic oxidation sites excluding steroid dienone is 1. The molecule has 144 valence electrons. The van der Waals surface area contributed by atoms with E-state index in [2.05, 4.69) is 19.8 Å². The molecule has 0 saturated heterocycles. The minimum Gasteiger partial charge on any atom is -0.393 e. The summed E-state index contributed by atoms with van der Waals surface area (Å²) in [6, 6.07) is 0. The summed E-state index contributed by atoms with van der Waals surface area (Å²) >= 11 is 0. The van der Waals surface area contributed by atoms with Crippen molar-refractivity contribution in [3.8, 4) is 12.3 Å². The van der Waals surface area contributed by atoms with Crippen LogP contribution >= 0.6 is 0 Å². The van der Waals surface area contributed by atoms with Crippen LogP contribution in [-0.2, 0) is 0 Å². The van der Waals surface area contributed by atoms with E-state index in [-0.39, 0.29) is 24.1 Å². The Morgan fingerprint density at radius 2 is 2.08 bits per heavy atom. The van der Waals surface area contributed by atoms with Crippen LogP contribution in [-0.4, -0.2) is 28.6 Å².